The van der Waals surface area contributed by atoms with E-state index in [0.717, 1.165) is 18.6 Å². The van der Waals surface area contributed by atoms with E-state index in [1.807, 2.05) is 19.3 Å². The molecule has 1 unspecified atom stereocenters. The highest BCUT2D eigenvalue weighted by molar-refractivity contribution is 5.95. The van der Waals surface area contributed by atoms with Crippen LogP contribution in [0, 0.1) is 17.0 Å². The van der Waals surface area contributed by atoms with Crippen molar-refractivity contribution in [2.45, 2.75) is 26.3 Å². The van der Waals surface area contributed by atoms with Crippen LogP contribution >= 0.6 is 0 Å². The van der Waals surface area contributed by atoms with Crippen molar-refractivity contribution in [3.05, 3.63) is 29.3 Å². The summed E-state index contributed by atoms with van der Waals surface area (Å²) in [6, 6.07) is 1.98. The van der Waals surface area contributed by atoms with Crippen molar-refractivity contribution in [1.82, 2.24) is 5.32 Å². The summed E-state index contributed by atoms with van der Waals surface area (Å²) in [5, 5.41) is 2.73. The minimum atomic E-state index is -0.891. The lowest BCUT2D eigenvalue weighted by molar-refractivity contribution is 0.0945. The number of amides is 1. The zero-order valence-electron chi connectivity index (χ0n) is 10.2. The van der Waals surface area contributed by atoms with Crippen LogP contribution in [-0.4, -0.2) is 11.9 Å². The predicted molar refractivity (Wildman–Crippen MR) is 63.8 cm³/mol. The van der Waals surface area contributed by atoms with E-state index in [9.17, 15) is 13.6 Å². The second-order valence-electron chi connectivity index (χ2n) is 5.18. The first-order valence-corrected chi connectivity index (χ1v) is 5.61. The molecule has 0 radical (unpaired) electrons. The standard InChI is InChI=1S/C12H15F2N3O/c1-12(2)5-9(12)16-11(18)6-3-7(13)10(17-15)8(14)4-6/h3-4,9,17H,5,15H2,1-2H3,(H,16,18). The van der Waals surface area contributed by atoms with Gasteiger partial charge in [-0.05, 0) is 24.0 Å². The fourth-order valence-corrected chi connectivity index (χ4v) is 1.80. The van der Waals surface area contributed by atoms with Crippen LogP contribution in [0.4, 0.5) is 14.5 Å². The molecule has 98 valence electrons. The molecule has 4 nitrogen and oxygen atoms in total. The van der Waals surface area contributed by atoms with Gasteiger partial charge in [0.15, 0.2) is 11.6 Å². The van der Waals surface area contributed by atoms with E-state index in [-0.39, 0.29) is 17.0 Å². The van der Waals surface area contributed by atoms with Crippen molar-refractivity contribution in [2.24, 2.45) is 11.3 Å². The SMILES string of the molecule is CC1(C)CC1NC(=O)c1cc(F)c(NN)c(F)c1. The van der Waals surface area contributed by atoms with Gasteiger partial charge in [0, 0.05) is 11.6 Å². The molecule has 0 bridgehead atoms. The Bertz CT molecular complexity index is 479. The molecule has 2 rings (SSSR count). The minimum Gasteiger partial charge on any atom is -0.349 e. The zero-order chi connectivity index (χ0) is 13.5. The summed E-state index contributed by atoms with van der Waals surface area (Å²) >= 11 is 0. The van der Waals surface area contributed by atoms with Crippen LogP contribution in [-0.2, 0) is 0 Å². The van der Waals surface area contributed by atoms with E-state index in [4.69, 9.17) is 5.84 Å². The molecule has 1 aliphatic carbocycles. The van der Waals surface area contributed by atoms with Crippen molar-refractivity contribution >= 4 is 11.6 Å². The number of carbonyl (C=O) groups is 1. The molecular formula is C12H15F2N3O. The third-order valence-electron chi connectivity index (χ3n) is 3.27. The second kappa shape index (κ2) is 4.20. The van der Waals surface area contributed by atoms with Gasteiger partial charge in [-0.2, -0.15) is 0 Å². The maximum absolute atomic E-state index is 13.4. The van der Waals surface area contributed by atoms with Crippen molar-refractivity contribution in [1.29, 1.82) is 0 Å². The number of anilines is 1. The lowest BCUT2D eigenvalue weighted by atomic mass is 10.1. The van der Waals surface area contributed by atoms with Crippen molar-refractivity contribution in [3.8, 4) is 0 Å². The van der Waals surface area contributed by atoms with Gasteiger partial charge in [0.25, 0.3) is 5.91 Å². The molecule has 1 saturated carbocycles. The third kappa shape index (κ3) is 2.28. The van der Waals surface area contributed by atoms with E-state index in [0.29, 0.717) is 0 Å². The van der Waals surface area contributed by atoms with E-state index in [1.54, 1.807) is 0 Å². The van der Waals surface area contributed by atoms with E-state index in [1.165, 1.54) is 0 Å². The summed E-state index contributed by atoms with van der Waals surface area (Å²) in [5.41, 5.74) is 1.48. The summed E-state index contributed by atoms with van der Waals surface area (Å²) in [5.74, 6) is 2.71. The largest absolute Gasteiger partial charge is 0.349 e. The van der Waals surface area contributed by atoms with E-state index < -0.39 is 23.2 Å². The first-order chi connectivity index (χ1) is 8.35. The molecule has 18 heavy (non-hydrogen) atoms. The third-order valence-corrected chi connectivity index (χ3v) is 3.27. The Morgan fingerprint density at radius 1 is 1.39 bits per heavy atom. The summed E-state index contributed by atoms with van der Waals surface area (Å²) in [6.45, 7) is 4.03. The monoisotopic (exact) mass is 255 g/mol. The average molecular weight is 255 g/mol. The zero-order valence-corrected chi connectivity index (χ0v) is 10.2. The van der Waals surface area contributed by atoms with Gasteiger partial charge >= 0.3 is 0 Å². The van der Waals surface area contributed by atoms with Gasteiger partial charge in [0.2, 0.25) is 0 Å². The van der Waals surface area contributed by atoms with Crippen LogP contribution in [0.1, 0.15) is 30.6 Å². The van der Waals surface area contributed by atoms with Gasteiger partial charge in [-0.15, -0.1) is 0 Å². The molecule has 1 aliphatic rings. The van der Waals surface area contributed by atoms with Gasteiger partial charge < -0.3 is 10.7 Å². The first kappa shape index (κ1) is 12.8. The molecule has 1 aromatic carbocycles. The number of nitrogen functional groups attached to an aromatic ring is 1. The number of nitrogens with one attached hydrogen (secondary N) is 2. The van der Waals surface area contributed by atoms with Gasteiger partial charge in [0.1, 0.15) is 5.69 Å². The van der Waals surface area contributed by atoms with Gasteiger partial charge in [-0.25, -0.2) is 8.78 Å². The summed E-state index contributed by atoms with van der Waals surface area (Å²) < 4.78 is 26.8. The number of benzene rings is 1. The number of halogens is 2. The maximum atomic E-state index is 13.4. The lowest BCUT2D eigenvalue weighted by Gasteiger charge is -2.09. The molecule has 0 spiro atoms. The van der Waals surface area contributed by atoms with Gasteiger partial charge in [-0.1, -0.05) is 13.8 Å². The Balaban J connectivity index is 2.16. The molecule has 1 aromatic rings. The van der Waals surface area contributed by atoms with Crippen molar-refractivity contribution < 1.29 is 13.6 Å². The molecule has 4 N–H and O–H groups in total. The van der Waals surface area contributed by atoms with Crippen LogP contribution in [0.5, 0.6) is 0 Å². The molecule has 1 fully saturated rings. The first-order valence-electron chi connectivity index (χ1n) is 5.61. The van der Waals surface area contributed by atoms with Crippen LogP contribution in [0.15, 0.2) is 12.1 Å². The van der Waals surface area contributed by atoms with E-state index in [2.05, 4.69) is 5.32 Å². The molecule has 6 heteroatoms. The fourth-order valence-electron chi connectivity index (χ4n) is 1.80. The number of hydrogen-bond acceptors (Lipinski definition) is 3. The van der Waals surface area contributed by atoms with Crippen LogP contribution in [0.3, 0.4) is 0 Å². The highest BCUT2D eigenvalue weighted by atomic mass is 19.1. The Morgan fingerprint density at radius 2 is 1.89 bits per heavy atom. The Hall–Kier alpha value is -1.69. The smallest absolute Gasteiger partial charge is 0.251 e. The second-order valence-corrected chi connectivity index (χ2v) is 5.18. The summed E-state index contributed by atoms with van der Waals surface area (Å²) in [7, 11) is 0. The topological polar surface area (TPSA) is 67.2 Å². The number of hydrogen-bond donors (Lipinski definition) is 3. The van der Waals surface area contributed by atoms with Crippen LogP contribution in [0.25, 0.3) is 0 Å². The summed E-state index contributed by atoms with van der Waals surface area (Å²) in [4.78, 5) is 11.8. The Kier molecular flexibility index (Phi) is 2.98. The highest BCUT2D eigenvalue weighted by Crippen LogP contribution is 2.44. The van der Waals surface area contributed by atoms with Crippen LogP contribution in [0.2, 0.25) is 0 Å². The molecule has 1 amide bonds. The fraction of sp³-hybridized carbons (Fsp3) is 0.417. The number of hydrazine groups is 1. The molecule has 0 saturated heterocycles. The van der Waals surface area contributed by atoms with Crippen molar-refractivity contribution in [2.75, 3.05) is 5.43 Å². The lowest BCUT2D eigenvalue weighted by Crippen LogP contribution is -2.28. The van der Waals surface area contributed by atoms with Gasteiger partial charge in [-0.3, -0.25) is 10.6 Å². The molecule has 0 aromatic heterocycles. The van der Waals surface area contributed by atoms with Gasteiger partial charge in [0.05, 0.1) is 0 Å². The van der Waals surface area contributed by atoms with Crippen molar-refractivity contribution in [3.63, 3.8) is 0 Å². The average Bonchev–Trinajstić information content (AvgIpc) is 2.85. The molecule has 1 atom stereocenters. The predicted octanol–water partition coefficient (Wildman–Crippen LogP) is 1.78. The summed E-state index contributed by atoms with van der Waals surface area (Å²) in [6.07, 6.45) is 0.867. The minimum absolute atomic E-state index is 0.0494. The Labute approximate surface area is 104 Å². The highest BCUT2D eigenvalue weighted by Gasteiger charge is 2.46. The number of nitrogens with two attached hydrogens (primary N) is 1. The number of rotatable bonds is 3. The van der Waals surface area contributed by atoms with Crippen LogP contribution < -0.4 is 16.6 Å². The normalized spacial score (nSPS) is 20.4. The molecule has 0 aliphatic heterocycles. The molecular weight excluding hydrogens is 240 g/mol. The number of carbonyl (C=O) groups excluding carboxylic acids is 1. The molecule has 0 heterocycles. The maximum Gasteiger partial charge on any atom is 0.251 e. The quantitative estimate of drug-likeness (QED) is 0.569. The Morgan fingerprint density at radius 3 is 2.28 bits per heavy atom. The van der Waals surface area contributed by atoms with E-state index >= 15 is 0 Å².